The molecule has 2 N–H and O–H groups in total. The Kier molecular flexibility index (Phi) is 4.27. The minimum atomic E-state index is -0.343. The summed E-state index contributed by atoms with van der Waals surface area (Å²) < 4.78 is 5.12. The Hall–Kier alpha value is -2.83. The van der Waals surface area contributed by atoms with Crippen molar-refractivity contribution in [3.05, 3.63) is 42.5 Å². The first kappa shape index (κ1) is 15.1. The van der Waals surface area contributed by atoms with Gasteiger partial charge in [0.15, 0.2) is 17.3 Å². The van der Waals surface area contributed by atoms with Crippen molar-refractivity contribution >= 4 is 17.6 Å². The first-order valence-electron chi connectivity index (χ1n) is 7.43. The van der Waals surface area contributed by atoms with Crippen molar-refractivity contribution < 1.29 is 19.1 Å². The molecule has 1 unspecified atom stereocenters. The topological polar surface area (TPSA) is 95.7 Å². The van der Waals surface area contributed by atoms with Gasteiger partial charge in [-0.15, -0.1) is 0 Å². The number of anilines is 1. The highest BCUT2D eigenvalue weighted by molar-refractivity contribution is 5.95. The lowest BCUT2D eigenvalue weighted by atomic mass is 9.97. The van der Waals surface area contributed by atoms with Crippen molar-refractivity contribution in [2.45, 2.75) is 12.8 Å². The Labute approximate surface area is 132 Å². The maximum atomic E-state index is 12.4. The number of hydrogen-bond donors (Lipinski definition) is 2. The van der Waals surface area contributed by atoms with Gasteiger partial charge < -0.3 is 19.7 Å². The number of carbonyl (C=O) groups is 2. The van der Waals surface area contributed by atoms with E-state index in [1.54, 1.807) is 23.1 Å². The van der Waals surface area contributed by atoms with Crippen LogP contribution in [0.3, 0.4) is 0 Å². The predicted molar refractivity (Wildman–Crippen MR) is 81.9 cm³/mol. The summed E-state index contributed by atoms with van der Waals surface area (Å²) in [6, 6.07) is 6.30. The Morgan fingerprint density at radius 3 is 2.96 bits per heavy atom. The van der Waals surface area contributed by atoms with E-state index in [4.69, 9.17) is 4.42 Å². The minimum Gasteiger partial charge on any atom is -0.504 e. The molecule has 0 spiro atoms. The van der Waals surface area contributed by atoms with Gasteiger partial charge in [-0.05, 0) is 37.1 Å². The van der Waals surface area contributed by atoms with Gasteiger partial charge >= 0.3 is 0 Å². The number of pyridine rings is 1. The monoisotopic (exact) mass is 315 g/mol. The summed E-state index contributed by atoms with van der Waals surface area (Å²) in [4.78, 5) is 30.2. The molecule has 0 bridgehead atoms. The van der Waals surface area contributed by atoms with Crippen LogP contribution in [0.5, 0.6) is 5.75 Å². The van der Waals surface area contributed by atoms with Crippen LogP contribution in [0.25, 0.3) is 0 Å². The van der Waals surface area contributed by atoms with Crippen molar-refractivity contribution in [1.29, 1.82) is 0 Å². The lowest BCUT2D eigenvalue weighted by Crippen LogP contribution is -2.43. The van der Waals surface area contributed by atoms with Gasteiger partial charge in [-0.25, -0.2) is 4.98 Å². The number of hydrogen-bond acceptors (Lipinski definition) is 5. The van der Waals surface area contributed by atoms with Gasteiger partial charge in [0.2, 0.25) is 5.91 Å². The average molecular weight is 315 g/mol. The van der Waals surface area contributed by atoms with Crippen LogP contribution in [-0.4, -0.2) is 39.9 Å². The molecule has 2 aromatic rings. The summed E-state index contributed by atoms with van der Waals surface area (Å²) in [6.07, 6.45) is 4.36. The summed E-state index contributed by atoms with van der Waals surface area (Å²) in [5, 5.41) is 12.3. The molecule has 0 saturated carbocycles. The molecule has 1 fully saturated rings. The van der Waals surface area contributed by atoms with Gasteiger partial charge in [0.1, 0.15) is 0 Å². The summed E-state index contributed by atoms with van der Waals surface area (Å²) >= 11 is 0. The van der Waals surface area contributed by atoms with Crippen LogP contribution < -0.4 is 5.32 Å². The zero-order valence-corrected chi connectivity index (χ0v) is 12.4. The van der Waals surface area contributed by atoms with Gasteiger partial charge in [-0.1, -0.05) is 0 Å². The van der Waals surface area contributed by atoms with E-state index in [1.807, 2.05) is 0 Å². The first-order valence-corrected chi connectivity index (χ1v) is 7.43. The average Bonchev–Trinajstić information content (AvgIpc) is 3.11. The smallest absolute Gasteiger partial charge is 0.289 e. The Morgan fingerprint density at radius 2 is 2.22 bits per heavy atom. The fourth-order valence-electron chi connectivity index (χ4n) is 2.64. The van der Waals surface area contributed by atoms with Crippen LogP contribution in [0, 0.1) is 5.92 Å². The van der Waals surface area contributed by atoms with E-state index in [9.17, 15) is 14.7 Å². The van der Waals surface area contributed by atoms with Crippen LogP contribution in [0.2, 0.25) is 0 Å². The predicted octanol–water partition coefficient (Wildman–Crippen LogP) is 1.87. The Bertz CT molecular complexity index is 699. The minimum absolute atomic E-state index is 0.0832. The van der Waals surface area contributed by atoms with Gasteiger partial charge in [0.25, 0.3) is 5.91 Å². The molecule has 1 atom stereocenters. The molecule has 2 amide bonds. The molecule has 7 heteroatoms. The Balaban J connectivity index is 1.65. The number of rotatable bonds is 3. The third-order valence-corrected chi connectivity index (χ3v) is 3.84. The molecule has 120 valence electrons. The lowest BCUT2D eigenvalue weighted by Gasteiger charge is -2.31. The van der Waals surface area contributed by atoms with Crippen LogP contribution in [-0.2, 0) is 4.79 Å². The van der Waals surface area contributed by atoms with Crippen molar-refractivity contribution in [1.82, 2.24) is 9.88 Å². The van der Waals surface area contributed by atoms with Crippen LogP contribution in [0.15, 0.2) is 41.1 Å². The van der Waals surface area contributed by atoms with Crippen LogP contribution in [0.1, 0.15) is 23.4 Å². The zero-order chi connectivity index (χ0) is 16.2. The van der Waals surface area contributed by atoms with E-state index in [2.05, 4.69) is 10.3 Å². The second-order valence-electron chi connectivity index (χ2n) is 5.43. The number of aromatic nitrogens is 1. The van der Waals surface area contributed by atoms with Crippen molar-refractivity contribution in [2.75, 3.05) is 18.4 Å². The van der Waals surface area contributed by atoms with E-state index >= 15 is 0 Å². The van der Waals surface area contributed by atoms with E-state index in [-0.39, 0.29) is 35.1 Å². The van der Waals surface area contributed by atoms with Gasteiger partial charge in [0, 0.05) is 19.3 Å². The molecule has 1 aliphatic heterocycles. The number of piperidine rings is 1. The van der Waals surface area contributed by atoms with Gasteiger partial charge in [-0.3, -0.25) is 9.59 Å². The maximum Gasteiger partial charge on any atom is 0.289 e. The first-order chi connectivity index (χ1) is 11.1. The molecule has 1 aliphatic rings. The third kappa shape index (κ3) is 3.33. The highest BCUT2D eigenvalue weighted by Crippen LogP contribution is 2.23. The maximum absolute atomic E-state index is 12.4. The quantitative estimate of drug-likeness (QED) is 0.901. The molecule has 0 radical (unpaired) electrons. The summed E-state index contributed by atoms with van der Waals surface area (Å²) in [6.45, 7) is 0.914. The van der Waals surface area contributed by atoms with Crippen LogP contribution >= 0.6 is 0 Å². The highest BCUT2D eigenvalue weighted by Gasteiger charge is 2.30. The second kappa shape index (κ2) is 6.51. The lowest BCUT2D eigenvalue weighted by molar-refractivity contribution is -0.121. The number of nitrogens with zero attached hydrogens (tertiary/aromatic N) is 2. The van der Waals surface area contributed by atoms with Gasteiger partial charge in [0.05, 0.1) is 12.2 Å². The molecular formula is C16H17N3O4. The molecule has 0 aromatic carbocycles. The molecule has 0 aliphatic carbocycles. The summed E-state index contributed by atoms with van der Waals surface area (Å²) in [5.74, 6) is -0.492. The number of aromatic hydroxyl groups is 1. The van der Waals surface area contributed by atoms with Crippen molar-refractivity contribution in [3.63, 3.8) is 0 Å². The molecule has 3 rings (SSSR count). The van der Waals surface area contributed by atoms with Crippen LogP contribution in [0.4, 0.5) is 5.82 Å². The largest absolute Gasteiger partial charge is 0.504 e. The number of likely N-dealkylation sites (tertiary alicyclic amines) is 1. The second-order valence-corrected chi connectivity index (χ2v) is 5.43. The number of furan rings is 1. The molecular weight excluding hydrogens is 298 g/mol. The number of amides is 2. The Morgan fingerprint density at radius 1 is 1.35 bits per heavy atom. The number of nitrogens with one attached hydrogen (secondary N) is 1. The number of carbonyl (C=O) groups excluding carboxylic acids is 2. The molecule has 23 heavy (non-hydrogen) atoms. The van der Waals surface area contributed by atoms with E-state index in [0.29, 0.717) is 19.5 Å². The van der Waals surface area contributed by atoms with E-state index < -0.39 is 0 Å². The molecule has 2 aromatic heterocycles. The summed E-state index contributed by atoms with van der Waals surface area (Å²) in [7, 11) is 0. The zero-order valence-electron chi connectivity index (χ0n) is 12.4. The van der Waals surface area contributed by atoms with Crippen molar-refractivity contribution in [2.24, 2.45) is 5.92 Å². The molecule has 7 nitrogen and oxygen atoms in total. The highest BCUT2D eigenvalue weighted by atomic mass is 16.3. The third-order valence-electron chi connectivity index (χ3n) is 3.84. The SMILES string of the molecule is O=C(Nc1ncccc1O)C1CCCN(C(=O)c2ccco2)C1. The van der Waals surface area contributed by atoms with E-state index in [0.717, 1.165) is 6.42 Å². The standard InChI is InChI=1S/C16H17N3O4/c20-12-5-1-7-17-14(12)18-15(21)11-4-2-8-19(10-11)16(22)13-6-3-9-23-13/h1,3,5-7,9,11,20H,2,4,8,10H2,(H,17,18,21). The fourth-order valence-corrected chi connectivity index (χ4v) is 2.64. The fraction of sp³-hybridized carbons (Fsp3) is 0.312. The van der Waals surface area contributed by atoms with Gasteiger partial charge in [-0.2, -0.15) is 0 Å². The molecule has 1 saturated heterocycles. The normalized spacial score (nSPS) is 17.7. The van der Waals surface area contributed by atoms with E-state index in [1.165, 1.54) is 18.5 Å². The summed E-state index contributed by atoms with van der Waals surface area (Å²) in [5.41, 5.74) is 0. The van der Waals surface area contributed by atoms with Crippen molar-refractivity contribution in [3.8, 4) is 5.75 Å². The molecule has 3 heterocycles.